The lowest BCUT2D eigenvalue weighted by Crippen LogP contribution is -2.47. The Morgan fingerprint density at radius 1 is 1.38 bits per heavy atom. The predicted octanol–water partition coefficient (Wildman–Crippen LogP) is 2.55. The number of halogens is 1. The van der Waals surface area contributed by atoms with Crippen LogP contribution >= 0.6 is 12.4 Å². The second-order valence-electron chi connectivity index (χ2n) is 4.53. The van der Waals surface area contributed by atoms with Crippen molar-refractivity contribution in [2.24, 2.45) is 0 Å². The molecule has 1 unspecified atom stereocenters. The van der Waals surface area contributed by atoms with Gasteiger partial charge in [-0.3, -0.25) is 10.1 Å². The fraction of sp³-hybridized carbons (Fsp3) is 0.538. The smallest absolute Gasteiger partial charge is 0.334 e. The summed E-state index contributed by atoms with van der Waals surface area (Å²) in [4.78, 5) is 10.7. The van der Waals surface area contributed by atoms with E-state index in [4.69, 9.17) is 5.11 Å². The van der Waals surface area contributed by atoms with Crippen molar-refractivity contribution in [1.29, 1.82) is 0 Å². The number of hydroxylamine groups is 2. The van der Waals surface area contributed by atoms with E-state index in [1.807, 2.05) is 6.92 Å². The van der Waals surface area contributed by atoms with Crippen LogP contribution < -0.4 is 9.96 Å². The fourth-order valence-corrected chi connectivity index (χ4v) is 2.12. The molecule has 1 atom stereocenters. The van der Waals surface area contributed by atoms with Crippen molar-refractivity contribution >= 4 is 29.5 Å². The summed E-state index contributed by atoms with van der Waals surface area (Å²) in [6.45, 7) is 4.77. The maximum Gasteiger partial charge on any atom is 0.334 e. The topological polar surface area (TPSA) is 95.6 Å². The summed E-state index contributed by atoms with van der Waals surface area (Å²) in [5.41, 5.74) is 0.770. The third-order valence-corrected chi connectivity index (χ3v) is 3.21. The molecular weight excluding hydrogens is 298 g/mol. The molecule has 0 aromatic heterocycles. The van der Waals surface area contributed by atoms with E-state index in [0.29, 0.717) is 25.2 Å². The van der Waals surface area contributed by atoms with Crippen molar-refractivity contribution in [3.8, 4) is 0 Å². The van der Waals surface area contributed by atoms with Gasteiger partial charge in [-0.25, -0.2) is 5.21 Å². The molecule has 8 heteroatoms. The normalized spacial score (nSPS) is 13.1. The van der Waals surface area contributed by atoms with Gasteiger partial charge >= 0.3 is 5.69 Å². The summed E-state index contributed by atoms with van der Waals surface area (Å²) in [7, 11) is 0. The minimum atomic E-state index is -0.552. The Balaban J connectivity index is 0.00000400. The van der Waals surface area contributed by atoms with Crippen molar-refractivity contribution in [2.45, 2.75) is 20.3 Å². The first-order valence-corrected chi connectivity index (χ1v) is 6.72. The molecule has 3 N–H and O–H groups in total. The third kappa shape index (κ3) is 4.82. The number of anilines is 1. The van der Waals surface area contributed by atoms with Crippen LogP contribution in [0.4, 0.5) is 17.1 Å². The van der Waals surface area contributed by atoms with Gasteiger partial charge in [0.2, 0.25) is 5.69 Å². The van der Waals surface area contributed by atoms with E-state index in [1.54, 1.807) is 19.1 Å². The van der Waals surface area contributed by atoms with Gasteiger partial charge < -0.3 is 10.4 Å². The van der Waals surface area contributed by atoms with E-state index in [9.17, 15) is 15.3 Å². The van der Waals surface area contributed by atoms with Crippen LogP contribution in [0, 0.1) is 10.1 Å². The summed E-state index contributed by atoms with van der Waals surface area (Å²) in [6, 6.07) is 4.71. The highest BCUT2D eigenvalue weighted by molar-refractivity contribution is 5.85. The van der Waals surface area contributed by atoms with Crippen molar-refractivity contribution in [3.63, 3.8) is 0 Å². The quantitative estimate of drug-likeness (QED) is 0.388. The van der Waals surface area contributed by atoms with Crippen LogP contribution in [-0.2, 0) is 0 Å². The molecule has 0 aliphatic rings. The molecule has 1 aromatic carbocycles. The summed E-state index contributed by atoms with van der Waals surface area (Å²) >= 11 is 0. The maximum absolute atomic E-state index is 11.2. The zero-order valence-corrected chi connectivity index (χ0v) is 13.1. The van der Waals surface area contributed by atoms with Gasteiger partial charge in [-0.1, -0.05) is 0 Å². The largest absolute Gasteiger partial charge is 0.396 e. The monoisotopic (exact) mass is 320 g/mol. The van der Waals surface area contributed by atoms with Gasteiger partial charge in [0.25, 0.3) is 0 Å². The van der Waals surface area contributed by atoms with Crippen LogP contribution in [0.1, 0.15) is 20.3 Å². The first-order chi connectivity index (χ1) is 9.48. The van der Waals surface area contributed by atoms with Crippen molar-refractivity contribution < 1.29 is 15.2 Å². The van der Waals surface area contributed by atoms with Gasteiger partial charge in [0.1, 0.15) is 13.1 Å². The Kier molecular flexibility index (Phi) is 8.19. The Hall–Kier alpha value is -1.41. The highest BCUT2D eigenvalue weighted by atomic mass is 35.5. The molecule has 0 spiro atoms. The van der Waals surface area contributed by atoms with Gasteiger partial charge in [0, 0.05) is 37.4 Å². The SMILES string of the molecule is CCNc1ccc([N+](O)(CC)CCCO)c([N+](=O)[O-])c1.Cl. The zero-order chi connectivity index (χ0) is 15.2. The molecule has 0 aliphatic carbocycles. The van der Waals surface area contributed by atoms with E-state index in [0.717, 1.165) is 0 Å². The average Bonchev–Trinajstić information content (AvgIpc) is 2.45. The second kappa shape index (κ2) is 8.78. The Morgan fingerprint density at radius 2 is 2.05 bits per heavy atom. The number of hydrogen-bond acceptors (Lipinski definition) is 5. The summed E-state index contributed by atoms with van der Waals surface area (Å²) in [6.07, 6.45) is 0.371. The zero-order valence-electron chi connectivity index (χ0n) is 12.3. The molecule has 1 rings (SSSR count). The number of benzene rings is 1. The van der Waals surface area contributed by atoms with E-state index in [2.05, 4.69) is 5.32 Å². The number of aliphatic hydroxyl groups is 1. The van der Waals surface area contributed by atoms with Gasteiger partial charge in [-0.15, -0.1) is 17.1 Å². The van der Waals surface area contributed by atoms with Gasteiger partial charge in [0.15, 0.2) is 0 Å². The maximum atomic E-state index is 11.2. The number of nitro benzene ring substituents is 1. The van der Waals surface area contributed by atoms with E-state index < -0.39 is 9.57 Å². The van der Waals surface area contributed by atoms with Crippen molar-refractivity contribution in [2.75, 3.05) is 31.6 Å². The lowest BCUT2D eigenvalue weighted by molar-refractivity contribution is -0.385. The van der Waals surface area contributed by atoms with Crippen LogP contribution in [0.3, 0.4) is 0 Å². The van der Waals surface area contributed by atoms with Crippen LogP contribution in [0.25, 0.3) is 0 Å². The predicted molar refractivity (Wildman–Crippen MR) is 85.2 cm³/mol. The van der Waals surface area contributed by atoms with E-state index in [1.165, 1.54) is 6.07 Å². The van der Waals surface area contributed by atoms with Crippen LogP contribution in [-0.4, -0.2) is 41.5 Å². The Bertz CT molecular complexity index is 473. The highest BCUT2D eigenvalue weighted by Crippen LogP contribution is 2.34. The number of quaternary nitrogens is 1. The molecule has 0 saturated carbocycles. The fourth-order valence-electron chi connectivity index (χ4n) is 2.12. The van der Waals surface area contributed by atoms with E-state index >= 15 is 0 Å². The number of nitro groups is 1. The highest BCUT2D eigenvalue weighted by Gasteiger charge is 2.34. The summed E-state index contributed by atoms with van der Waals surface area (Å²) < 4.78 is -0.552. The van der Waals surface area contributed by atoms with Crippen LogP contribution in [0.2, 0.25) is 0 Å². The molecular formula is C13H23ClN3O4+. The van der Waals surface area contributed by atoms with Gasteiger partial charge in [0.05, 0.1) is 4.92 Å². The molecule has 0 bridgehead atoms. The van der Waals surface area contributed by atoms with Crippen molar-refractivity contribution in [1.82, 2.24) is 4.65 Å². The molecule has 0 aliphatic heterocycles. The lowest BCUT2D eigenvalue weighted by Gasteiger charge is -2.27. The molecule has 1 aromatic rings. The Morgan fingerprint density at radius 3 is 2.52 bits per heavy atom. The minimum Gasteiger partial charge on any atom is -0.396 e. The van der Waals surface area contributed by atoms with Crippen molar-refractivity contribution in [3.05, 3.63) is 28.3 Å². The first-order valence-electron chi connectivity index (χ1n) is 6.72. The van der Waals surface area contributed by atoms with Gasteiger partial charge in [-0.05, 0) is 19.9 Å². The Labute approximate surface area is 130 Å². The van der Waals surface area contributed by atoms with Gasteiger partial charge in [-0.2, -0.15) is 0 Å². The molecule has 0 saturated heterocycles. The molecule has 0 heterocycles. The molecule has 0 radical (unpaired) electrons. The molecule has 21 heavy (non-hydrogen) atoms. The number of rotatable bonds is 8. The standard InChI is InChI=1S/C13H22N3O4.ClH/c1-3-14-11-6-7-13(12(10-11)15(18)19)16(20,4-2)8-5-9-17;/h6-7,10,14,17,20H,3-5,8-9H2,1-2H3;1H/q+1;. The third-order valence-electron chi connectivity index (χ3n) is 3.21. The molecule has 0 amide bonds. The number of nitrogens with zero attached hydrogens (tertiary/aromatic N) is 2. The number of hydrogen-bond donors (Lipinski definition) is 3. The summed E-state index contributed by atoms with van der Waals surface area (Å²) in [5.74, 6) is 0. The lowest BCUT2D eigenvalue weighted by atomic mass is 10.2. The minimum absolute atomic E-state index is 0. The molecule has 0 fully saturated rings. The molecule has 120 valence electrons. The van der Waals surface area contributed by atoms with Crippen LogP contribution in [0.5, 0.6) is 0 Å². The van der Waals surface area contributed by atoms with E-state index in [-0.39, 0.29) is 36.9 Å². The summed E-state index contributed by atoms with van der Waals surface area (Å²) in [5, 5.41) is 33.7. The number of aliphatic hydroxyl groups excluding tert-OH is 1. The average molecular weight is 321 g/mol. The first kappa shape index (κ1) is 19.6. The van der Waals surface area contributed by atoms with Crippen LogP contribution in [0.15, 0.2) is 18.2 Å². The second-order valence-corrected chi connectivity index (χ2v) is 4.53. The number of nitrogens with one attached hydrogen (secondary N) is 1. The molecule has 7 nitrogen and oxygen atoms in total.